The first-order valence-corrected chi connectivity index (χ1v) is 7.07. The third-order valence-electron chi connectivity index (χ3n) is 3.43. The number of nitrogens with one attached hydrogen (secondary N) is 2. The van der Waals surface area contributed by atoms with E-state index >= 15 is 0 Å². The first kappa shape index (κ1) is 14.6. The third-order valence-corrected chi connectivity index (χ3v) is 3.43. The van der Waals surface area contributed by atoms with E-state index in [1.54, 1.807) is 0 Å². The van der Waals surface area contributed by atoms with Gasteiger partial charge in [-0.15, -0.1) is 0 Å². The van der Waals surface area contributed by atoms with Gasteiger partial charge in [-0.05, 0) is 39.4 Å². The molecule has 1 aromatic heterocycles. The number of aromatic amines is 1. The predicted octanol–water partition coefficient (Wildman–Crippen LogP) is 3.28. The lowest BCUT2D eigenvalue weighted by Crippen LogP contribution is -2.13. The van der Waals surface area contributed by atoms with Gasteiger partial charge >= 0.3 is 0 Å². The van der Waals surface area contributed by atoms with Crippen molar-refractivity contribution < 1.29 is 4.74 Å². The standard InChI is InChI=1S/C16H23N3O/c1-5-15(20-13-8-6-11(2)7-9-13)16-14(10-17-4)12(3)18-19-16/h6-9,15,17H,5,10H2,1-4H3,(H,18,19). The van der Waals surface area contributed by atoms with Gasteiger partial charge in [0.2, 0.25) is 0 Å². The van der Waals surface area contributed by atoms with E-state index in [1.165, 1.54) is 11.1 Å². The number of benzene rings is 1. The summed E-state index contributed by atoms with van der Waals surface area (Å²) in [7, 11) is 1.94. The van der Waals surface area contributed by atoms with Crippen molar-refractivity contribution >= 4 is 0 Å². The average Bonchev–Trinajstić information content (AvgIpc) is 2.80. The van der Waals surface area contributed by atoms with Crippen LogP contribution in [0, 0.1) is 13.8 Å². The van der Waals surface area contributed by atoms with Crippen molar-refractivity contribution in [2.75, 3.05) is 7.05 Å². The fourth-order valence-corrected chi connectivity index (χ4v) is 2.25. The van der Waals surface area contributed by atoms with Gasteiger partial charge < -0.3 is 10.1 Å². The second-order valence-electron chi connectivity index (χ2n) is 5.07. The normalized spacial score (nSPS) is 12.4. The number of H-pyrrole nitrogens is 1. The molecule has 2 aromatic rings. The first-order chi connectivity index (χ1) is 9.65. The summed E-state index contributed by atoms with van der Waals surface area (Å²) in [6.07, 6.45) is 0.862. The van der Waals surface area contributed by atoms with Crippen molar-refractivity contribution in [3.05, 3.63) is 46.8 Å². The summed E-state index contributed by atoms with van der Waals surface area (Å²) in [6, 6.07) is 8.14. The summed E-state index contributed by atoms with van der Waals surface area (Å²) in [5.74, 6) is 0.888. The molecule has 0 bridgehead atoms. The highest BCUT2D eigenvalue weighted by molar-refractivity contribution is 5.30. The Bertz CT molecular complexity index is 545. The van der Waals surface area contributed by atoms with Gasteiger partial charge in [-0.25, -0.2) is 0 Å². The maximum atomic E-state index is 6.09. The Morgan fingerprint density at radius 2 is 1.95 bits per heavy atom. The Morgan fingerprint density at radius 3 is 2.55 bits per heavy atom. The number of rotatable bonds is 6. The quantitative estimate of drug-likeness (QED) is 0.849. The SMILES string of the molecule is CCC(Oc1ccc(C)cc1)c1n[nH]c(C)c1CNC. The van der Waals surface area contributed by atoms with E-state index in [2.05, 4.69) is 41.5 Å². The topological polar surface area (TPSA) is 49.9 Å². The predicted molar refractivity (Wildman–Crippen MR) is 80.9 cm³/mol. The Balaban J connectivity index is 2.21. The number of hydrogen-bond donors (Lipinski definition) is 2. The lowest BCUT2D eigenvalue weighted by Gasteiger charge is -2.17. The molecule has 0 saturated carbocycles. The molecule has 0 aliphatic rings. The monoisotopic (exact) mass is 273 g/mol. The van der Waals surface area contributed by atoms with Crippen molar-refractivity contribution in [1.29, 1.82) is 0 Å². The molecular formula is C16H23N3O. The van der Waals surface area contributed by atoms with Crippen LogP contribution in [0.3, 0.4) is 0 Å². The molecule has 1 aromatic carbocycles. The summed E-state index contributed by atoms with van der Waals surface area (Å²) in [5, 5.41) is 10.7. The van der Waals surface area contributed by atoms with Gasteiger partial charge in [0.1, 0.15) is 17.5 Å². The van der Waals surface area contributed by atoms with Gasteiger partial charge in [0, 0.05) is 17.8 Å². The number of ether oxygens (including phenoxy) is 1. The van der Waals surface area contributed by atoms with Crippen molar-refractivity contribution in [3.63, 3.8) is 0 Å². The summed E-state index contributed by atoms with van der Waals surface area (Å²) in [6.45, 7) is 7.03. The van der Waals surface area contributed by atoms with Crippen LogP contribution in [0.1, 0.15) is 42.0 Å². The zero-order chi connectivity index (χ0) is 14.5. The van der Waals surface area contributed by atoms with Gasteiger partial charge in [-0.2, -0.15) is 5.10 Å². The minimum Gasteiger partial charge on any atom is -0.484 e. The molecule has 108 valence electrons. The largest absolute Gasteiger partial charge is 0.484 e. The maximum absolute atomic E-state index is 6.09. The summed E-state index contributed by atoms with van der Waals surface area (Å²) in [4.78, 5) is 0. The molecule has 1 atom stereocenters. The Morgan fingerprint density at radius 1 is 1.25 bits per heavy atom. The van der Waals surface area contributed by atoms with E-state index in [4.69, 9.17) is 4.74 Å². The van der Waals surface area contributed by atoms with E-state index in [-0.39, 0.29) is 6.10 Å². The second-order valence-corrected chi connectivity index (χ2v) is 5.07. The molecule has 0 aliphatic heterocycles. The van der Waals surface area contributed by atoms with Gasteiger partial charge in [0.25, 0.3) is 0 Å². The Hall–Kier alpha value is -1.81. The highest BCUT2D eigenvalue weighted by Gasteiger charge is 2.20. The molecule has 0 fully saturated rings. The number of aryl methyl sites for hydroxylation is 2. The fraction of sp³-hybridized carbons (Fsp3) is 0.438. The molecule has 20 heavy (non-hydrogen) atoms. The van der Waals surface area contributed by atoms with Gasteiger partial charge in [-0.1, -0.05) is 24.6 Å². The van der Waals surface area contributed by atoms with E-state index in [0.717, 1.165) is 30.1 Å². The highest BCUT2D eigenvalue weighted by Crippen LogP contribution is 2.27. The van der Waals surface area contributed by atoms with E-state index < -0.39 is 0 Å². The molecular weight excluding hydrogens is 250 g/mol. The molecule has 1 unspecified atom stereocenters. The molecule has 4 heteroatoms. The highest BCUT2D eigenvalue weighted by atomic mass is 16.5. The Labute approximate surface area is 120 Å². The molecule has 1 heterocycles. The van der Waals surface area contributed by atoms with Crippen LogP contribution in [-0.4, -0.2) is 17.2 Å². The van der Waals surface area contributed by atoms with Crippen molar-refractivity contribution in [2.45, 2.75) is 39.8 Å². The Kier molecular flexibility index (Phi) is 4.79. The van der Waals surface area contributed by atoms with Crippen molar-refractivity contribution in [3.8, 4) is 5.75 Å². The minimum atomic E-state index is -0.0222. The van der Waals surface area contributed by atoms with E-state index in [0.29, 0.717) is 0 Å². The van der Waals surface area contributed by atoms with Crippen LogP contribution >= 0.6 is 0 Å². The van der Waals surface area contributed by atoms with Crippen LogP contribution in [0.2, 0.25) is 0 Å². The number of nitrogens with zero attached hydrogens (tertiary/aromatic N) is 1. The van der Waals surface area contributed by atoms with E-state index in [9.17, 15) is 0 Å². The van der Waals surface area contributed by atoms with Crippen LogP contribution in [-0.2, 0) is 6.54 Å². The minimum absolute atomic E-state index is 0.0222. The van der Waals surface area contributed by atoms with Crippen LogP contribution in [0.5, 0.6) is 5.75 Å². The maximum Gasteiger partial charge on any atom is 0.142 e. The second kappa shape index (κ2) is 6.57. The summed E-state index contributed by atoms with van der Waals surface area (Å²) >= 11 is 0. The third kappa shape index (κ3) is 3.20. The molecule has 0 amide bonds. The molecule has 0 radical (unpaired) electrons. The molecule has 0 saturated heterocycles. The zero-order valence-electron chi connectivity index (χ0n) is 12.7. The molecule has 0 aliphatic carbocycles. The summed E-state index contributed by atoms with van der Waals surface area (Å²) < 4.78 is 6.09. The number of aromatic nitrogens is 2. The molecule has 4 nitrogen and oxygen atoms in total. The zero-order valence-corrected chi connectivity index (χ0v) is 12.7. The van der Waals surface area contributed by atoms with Crippen LogP contribution in [0.15, 0.2) is 24.3 Å². The van der Waals surface area contributed by atoms with Crippen molar-refractivity contribution in [1.82, 2.24) is 15.5 Å². The van der Waals surface area contributed by atoms with Crippen LogP contribution in [0.4, 0.5) is 0 Å². The fourth-order valence-electron chi connectivity index (χ4n) is 2.25. The van der Waals surface area contributed by atoms with Gasteiger partial charge in [0.15, 0.2) is 0 Å². The van der Waals surface area contributed by atoms with Crippen molar-refractivity contribution in [2.24, 2.45) is 0 Å². The number of hydrogen-bond acceptors (Lipinski definition) is 3. The lowest BCUT2D eigenvalue weighted by atomic mass is 10.1. The molecule has 2 N–H and O–H groups in total. The smallest absolute Gasteiger partial charge is 0.142 e. The summed E-state index contributed by atoms with van der Waals surface area (Å²) in [5.41, 5.74) is 4.53. The van der Waals surface area contributed by atoms with Crippen LogP contribution in [0.25, 0.3) is 0 Å². The van der Waals surface area contributed by atoms with E-state index in [1.807, 2.05) is 26.1 Å². The van der Waals surface area contributed by atoms with Gasteiger partial charge in [0.05, 0.1) is 0 Å². The molecule has 0 spiro atoms. The van der Waals surface area contributed by atoms with Crippen LogP contribution < -0.4 is 10.1 Å². The molecule has 2 rings (SSSR count). The lowest BCUT2D eigenvalue weighted by molar-refractivity contribution is 0.195. The average molecular weight is 273 g/mol. The first-order valence-electron chi connectivity index (χ1n) is 7.07. The van der Waals surface area contributed by atoms with Gasteiger partial charge in [-0.3, -0.25) is 5.10 Å².